The van der Waals surface area contributed by atoms with E-state index in [1.165, 1.54) is 12.3 Å². The SMILES string of the molecule is C=C1NNC(=O)C1CCC(=O)N/N=C/c1ccccc1O. The molecule has 0 radical (unpaired) electrons. The summed E-state index contributed by atoms with van der Waals surface area (Å²) in [6, 6.07) is 6.64. The van der Waals surface area contributed by atoms with Crippen LogP contribution in [0, 0.1) is 5.92 Å². The van der Waals surface area contributed by atoms with Crippen LogP contribution >= 0.6 is 0 Å². The number of carbonyl (C=O) groups is 2. The molecule has 1 aromatic rings. The van der Waals surface area contributed by atoms with Crippen LogP contribution in [0.1, 0.15) is 18.4 Å². The van der Waals surface area contributed by atoms with Crippen molar-refractivity contribution in [1.29, 1.82) is 0 Å². The van der Waals surface area contributed by atoms with Crippen molar-refractivity contribution in [2.45, 2.75) is 12.8 Å². The molecule has 1 atom stereocenters. The minimum atomic E-state index is -0.405. The summed E-state index contributed by atoms with van der Waals surface area (Å²) in [5, 5.41) is 13.3. The van der Waals surface area contributed by atoms with E-state index >= 15 is 0 Å². The maximum atomic E-state index is 11.6. The van der Waals surface area contributed by atoms with Crippen molar-refractivity contribution in [3.05, 3.63) is 42.1 Å². The van der Waals surface area contributed by atoms with Crippen LogP contribution in [0.4, 0.5) is 0 Å². The Kier molecular flexibility index (Phi) is 4.55. The largest absolute Gasteiger partial charge is 0.507 e. The fourth-order valence-electron chi connectivity index (χ4n) is 1.88. The van der Waals surface area contributed by atoms with Gasteiger partial charge in [-0.1, -0.05) is 18.7 Å². The lowest BCUT2D eigenvalue weighted by Gasteiger charge is -2.05. The van der Waals surface area contributed by atoms with Crippen LogP contribution in [0.25, 0.3) is 0 Å². The molecule has 110 valence electrons. The summed E-state index contributed by atoms with van der Waals surface area (Å²) in [5.41, 5.74) is 8.48. The van der Waals surface area contributed by atoms with Crippen LogP contribution in [0.15, 0.2) is 41.6 Å². The molecule has 2 rings (SSSR count). The number of carbonyl (C=O) groups excluding carboxylic acids is 2. The van der Waals surface area contributed by atoms with Gasteiger partial charge in [-0.15, -0.1) is 0 Å². The Morgan fingerprint density at radius 3 is 2.86 bits per heavy atom. The number of benzene rings is 1. The Hall–Kier alpha value is -2.83. The Morgan fingerprint density at radius 1 is 1.43 bits per heavy atom. The highest BCUT2D eigenvalue weighted by atomic mass is 16.3. The molecular formula is C14H16N4O3. The van der Waals surface area contributed by atoms with Gasteiger partial charge in [0, 0.05) is 17.7 Å². The van der Waals surface area contributed by atoms with Crippen molar-refractivity contribution >= 4 is 18.0 Å². The molecule has 0 spiro atoms. The smallest absolute Gasteiger partial charge is 0.247 e. The fraction of sp³-hybridized carbons (Fsp3) is 0.214. The number of hydrogen-bond acceptors (Lipinski definition) is 5. The molecule has 1 saturated heterocycles. The van der Waals surface area contributed by atoms with Gasteiger partial charge in [0.15, 0.2) is 0 Å². The van der Waals surface area contributed by atoms with Gasteiger partial charge in [-0.3, -0.25) is 15.0 Å². The molecule has 1 aromatic carbocycles. The van der Waals surface area contributed by atoms with Crippen LogP contribution in [0.3, 0.4) is 0 Å². The van der Waals surface area contributed by atoms with E-state index in [1.807, 2.05) is 0 Å². The topological polar surface area (TPSA) is 103 Å². The molecule has 0 aliphatic carbocycles. The first-order valence-corrected chi connectivity index (χ1v) is 6.42. The lowest BCUT2D eigenvalue weighted by molar-refractivity contribution is -0.123. The highest BCUT2D eigenvalue weighted by Gasteiger charge is 2.27. The lowest BCUT2D eigenvalue weighted by Crippen LogP contribution is -2.26. The summed E-state index contributed by atoms with van der Waals surface area (Å²) in [6.45, 7) is 3.69. The first-order chi connectivity index (χ1) is 10.1. The highest BCUT2D eigenvalue weighted by molar-refractivity contribution is 5.86. The minimum absolute atomic E-state index is 0.0838. The highest BCUT2D eigenvalue weighted by Crippen LogP contribution is 2.17. The van der Waals surface area contributed by atoms with Crippen LogP contribution in [0.2, 0.25) is 0 Å². The predicted molar refractivity (Wildman–Crippen MR) is 77.0 cm³/mol. The summed E-state index contributed by atoms with van der Waals surface area (Å²) in [4.78, 5) is 23.0. The molecular weight excluding hydrogens is 272 g/mol. The minimum Gasteiger partial charge on any atom is -0.507 e. The summed E-state index contributed by atoms with van der Waals surface area (Å²) in [7, 11) is 0. The van der Waals surface area contributed by atoms with E-state index in [9.17, 15) is 14.7 Å². The second kappa shape index (κ2) is 6.56. The van der Waals surface area contributed by atoms with E-state index in [-0.39, 0.29) is 24.0 Å². The molecule has 0 saturated carbocycles. The molecule has 0 aromatic heterocycles. The van der Waals surface area contributed by atoms with Crippen molar-refractivity contribution in [2.75, 3.05) is 0 Å². The number of amides is 2. The zero-order valence-electron chi connectivity index (χ0n) is 11.3. The first-order valence-electron chi connectivity index (χ1n) is 6.42. The Morgan fingerprint density at radius 2 is 2.19 bits per heavy atom. The summed E-state index contributed by atoms with van der Waals surface area (Å²) in [6.07, 6.45) is 1.86. The van der Waals surface area contributed by atoms with E-state index in [0.717, 1.165) is 0 Å². The van der Waals surface area contributed by atoms with Crippen molar-refractivity contribution in [3.63, 3.8) is 0 Å². The number of phenols is 1. The Labute approximate surface area is 121 Å². The van der Waals surface area contributed by atoms with Gasteiger partial charge in [-0.05, 0) is 18.6 Å². The van der Waals surface area contributed by atoms with Crippen LogP contribution in [0.5, 0.6) is 5.75 Å². The second-order valence-electron chi connectivity index (χ2n) is 4.58. The van der Waals surface area contributed by atoms with E-state index in [0.29, 0.717) is 17.7 Å². The third kappa shape index (κ3) is 3.82. The molecule has 1 aliphatic heterocycles. The molecule has 1 fully saturated rings. The average molecular weight is 288 g/mol. The van der Waals surface area contributed by atoms with E-state index in [2.05, 4.69) is 28.0 Å². The van der Waals surface area contributed by atoms with Gasteiger partial charge >= 0.3 is 0 Å². The fourth-order valence-corrected chi connectivity index (χ4v) is 1.88. The molecule has 7 nitrogen and oxygen atoms in total. The monoisotopic (exact) mass is 288 g/mol. The number of hydrazine groups is 1. The quantitative estimate of drug-likeness (QED) is 0.465. The zero-order valence-corrected chi connectivity index (χ0v) is 11.3. The van der Waals surface area contributed by atoms with Crippen molar-refractivity contribution < 1.29 is 14.7 Å². The van der Waals surface area contributed by atoms with Gasteiger partial charge in [0.1, 0.15) is 5.75 Å². The third-order valence-corrected chi connectivity index (χ3v) is 3.07. The summed E-state index contributed by atoms with van der Waals surface area (Å²) in [5.74, 6) is -0.821. The Bertz CT molecular complexity index is 582. The van der Waals surface area contributed by atoms with Gasteiger partial charge in [0.25, 0.3) is 0 Å². The molecule has 4 N–H and O–H groups in total. The van der Waals surface area contributed by atoms with Gasteiger partial charge < -0.3 is 10.5 Å². The number of hydrogen-bond donors (Lipinski definition) is 4. The molecule has 7 heteroatoms. The molecule has 21 heavy (non-hydrogen) atoms. The number of nitrogens with zero attached hydrogens (tertiary/aromatic N) is 1. The third-order valence-electron chi connectivity index (χ3n) is 3.07. The molecule has 2 amide bonds. The maximum Gasteiger partial charge on any atom is 0.247 e. The van der Waals surface area contributed by atoms with Gasteiger partial charge in [-0.25, -0.2) is 5.43 Å². The van der Waals surface area contributed by atoms with Crippen LogP contribution < -0.4 is 16.3 Å². The van der Waals surface area contributed by atoms with Crippen molar-refractivity contribution in [3.8, 4) is 5.75 Å². The number of rotatable bonds is 5. The average Bonchev–Trinajstić information content (AvgIpc) is 2.78. The van der Waals surface area contributed by atoms with Gasteiger partial charge in [-0.2, -0.15) is 5.10 Å². The van der Waals surface area contributed by atoms with E-state index in [1.54, 1.807) is 18.2 Å². The molecule has 1 heterocycles. The zero-order chi connectivity index (χ0) is 15.2. The van der Waals surface area contributed by atoms with Crippen LogP contribution in [-0.2, 0) is 9.59 Å². The first kappa shape index (κ1) is 14.6. The summed E-state index contributed by atoms with van der Waals surface area (Å²) < 4.78 is 0. The van der Waals surface area contributed by atoms with Crippen molar-refractivity contribution in [1.82, 2.24) is 16.3 Å². The van der Waals surface area contributed by atoms with Gasteiger partial charge in [0.2, 0.25) is 11.8 Å². The number of nitrogens with one attached hydrogen (secondary N) is 3. The van der Waals surface area contributed by atoms with Crippen LogP contribution in [-0.4, -0.2) is 23.1 Å². The number of para-hydroxylation sites is 1. The summed E-state index contributed by atoms with van der Waals surface area (Å²) >= 11 is 0. The number of aromatic hydroxyl groups is 1. The van der Waals surface area contributed by atoms with E-state index in [4.69, 9.17) is 0 Å². The number of hydrazone groups is 1. The standard InChI is InChI=1S/C14H16N4O3/c1-9-11(14(21)18-16-9)6-7-13(20)17-15-8-10-4-2-3-5-12(10)19/h2-5,8,11,16,19H,1,6-7H2,(H,17,20)(H,18,21)/b15-8+. The maximum absolute atomic E-state index is 11.6. The molecule has 0 bridgehead atoms. The van der Waals surface area contributed by atoms with Gasteiger partial charge in [0.05, 0.1) is 12.1 Å². The van der Waals surface area contributed by atoms with Crippen molar-refractivity contribution in [2.24, 2.45) is 11.0 Å². The molecule has 1 unspecified atom stereocenters. The second-order valence-corrected chi connectivity index (χ2v) is 4.58. The number of phenolic OH excluding ortho intramolecular Hbond substituents is 1. The normalized spacial score (nSPS) is 17.6. The van der Waals surface area contributed by atoms with E-state index < -0.39 is 5.92 Å². The Balaban J connectivity index is 1.79. The lowest BCUT2D eigenvalue weighted by atomic mass is 10.0. The molecule has 1 aliphatic rings. The predicted octanol–water partition coefficient (Wildman–Crippen LogP) is 0.387.